The molecular weight excluding hydrogens is 252 g/mol. The van der Waals surface area contributed by atoms with Crippen LogP contribution < -0.4 is 5.32 Å². The molecule has 1 heterocycles. The van der Waals surface area contributed by atoms with Crippen molar-refractivity contribution in [1.29, 1.82) is 0 Å². The van der Waals surface area contributed by atoms with Crippen molar-refractivity contribution in [1.82, 2.24) is 10.2 Å². The smallest absolute Gasteiger partial charge is 0.0613 e. The van der Waals surface area contributed by atoms with Gasteiger partial charge in [0, 0.05) is 31.8 Å². The lowest BCUT2D eigenvalue weighted by Crippen LogP contribution is -2.57. The van der Waals surface area contributed by atoms with E-state index in [-0.39, 0.29) is 12.1 Å². The molecule has 0 amide bonds. The second kappa shape index (κ2) is 7.74. The Morgan fingerprint density at radius 2 is 2.05 bits per heavy atom. The van der Waals surface area contributed by atoms with Crippen LogP contribution in [0.5, 0.6) is 0 Å². The minimum atomic E-state index is -0.0307. The van der Waals surface area contributed by atoms with Gasteiger partial charge in [-0.3, -0.25) is 0 Å². The first-order valence-electron chi connectivity index (χ1n) is 8.36. The molecule has 2 atom stereocenters. The molecule has 4 nitrogen and oxygen atoms in total. The second-order valence-corrected chi connectivity index (χ2v) is 6.59. The van der Waals surface area contributed by atoms with Gasteiger partial charge in [-0.05, 0) is 51.5 Å². The summed E-state index contributed by atoms with van der Waals surface area (Å²) in [5, 5.41) is 13.5. The predicted octanol–water partition coefficient (Wildman–Crippen LogP) is 1.77. The molecule has 118 valence electrons. The summed E-state index contributed by atoms with van der Waals surface area (Å²) >= 11 is 0. The molecular formula is C16H32N2O2. The molecule has 2 aliphatic rings. The molecule has 1 saturated heterocycles. The lowest BCUT2D eigenvalue weighted by atomic mass is 9.78. The second-order valence-electron chi connectivity index (χ2n) is 6.59. The summed E-state index contributed by atoms with van der Waals surface area (Å²) in [6.45, 7) is 5.78. The number of likely N-dealkylation sites (tertiary alicyclic amines) is 1. The van der Waals surface area contributed by atoms with Gasteiger partial charge in [-0.2, -0.15) is 0 Å². The number of hydrogen-bond acceptors (Lipinski definition) is 4. The molecule has 0 bridgehead atoms. The normalized spacial score (nSPS) is 33.5. The number of aliphatic hydroxyl groups excluding tert-OH is 1. The maximum atomic E-state index is 9.86. The maximum absolute atomic E-state index is 9.86. The van der Waals surface area contributed by atoms with Gasteiger partial charge < -0.3 is 20.1 Å². The largest absolute Gasteiger partial charge is 0.394 e. The standard InChI is InChI=1S/C16H32N2O2/c1-3-9-17-16(13-19)8-4-5-14(12-16)18-10-6-15(20-2)7-11-18/h14-15,17,19H,3-13H2,1-2H3. The molecule has 0 radical (unpaired) electrons. The lowest BCUT2D eigenvalue weighted by Gasteiger charge is -2.46. The Labute approximate surface area is 123 Å². The summed E-state index contributed by atoms with van der Waals surface area (Å²) in [6, 6.07) is 0.637. The number of rotatable bonds is 6. The fourth-order valence-corrected chi connectivity index (χ4v) is 3.87. The summed E-state index contributed by atoms with van der Waals surface area (Å²) in [4.78, 5) is 2.63. The third-order valence-corrected chi connectivity index (χ3v) is 5.20. The Bertz CT molecular complexity index is 280. The Balaban J connectivity index is 1.89. The number of piperidine rings is 1. The molecule has 1 saturated carbocycles. The number of nitrogens with zero attached hydrogens (tertiary/aromatic N) is 1. The molecule has 1 aliphatic heterocycles. The summed E-state index contributed by atoms with van der Waals surface area (Å²) in [7, 11) is 1.83. The van der Waals surface area contributed by atoms with Gasteiger partial charge in [-0.25, -0.2) is 0 Å². The van der Waals surface area contributed by atoms with E-state index in [1.165, 1.54) is 12.8 Å². The van der Waals surface area contributed by atoms with E-state index >= 15 is 0 Å². The average Bonchev–Trinajstić information content (AvgIpc) is 2.53. The first kappa shape index (κ1) is 16.2. The van der Waals surface area contributed by atoms with Crippen molar-refractivity contribution in [3.8, 4) is 0 Å². The van der Waals surface area contributed by atoms with Gasteiger partial charge in [0.2, 0.25) is 0 Å². The fraction of sp³-hybridized carbons (Fsp3) is 1.00. The summed E-state index contributed by atoms with van der Waals surface area (Å²) < 4.78 is 5.46. The van der Waals surface area contributed by atoms with Crippen LogP contribution >= 0.6 is 0 Å². The van der Waals surface area contributed by atoms with E-state index in [0.29, 0.717) is 12.1 Å². The molecule has 2 rings (SSSR count). The SMILES string of the molecule is CCCNC1(CO)CCCC(N2CCC(OC)CC2)C1. The number of nitrogens with one attached hydrogen (secondary N) is 1. The number of ether oxygens (including phenoxy) is 1. The topological polar surface area (TPSA) is 44.7 Å². The van der Waals surface area contributed by atoms with E-state index in [4.69, 9.17) is 4.74 Å². The number of aliphatic hydroxyl groups is 1. The van der Waals surface area contributed by atoms with Crippen molar-refractivity contribution in [3.63, 3.8) is 0 Å². The van der Waals surface area contributed by atoms with Crippen LogP contribution in [0.1, 0.15) is 51.9 Å². The monoisotopic (exact) mass is 284 g/mol. The minimum Gasteiger partial charge on any atom is -0.394 e. The van der Waals surface area contributed by atoms with Gasteiger partial charge in [-0.15, -0.1) is 0 Å². The van der Waals surface area contributed by atoms with E-state index in [1.807, 2.05) is 7.11 Å². The van der Waals surface area contributed by atoms with Crippen LogP contribution in [0, 0.1) is 0 Å². The van der Waals surface area contributed by atoms with Crippen molar-refractivity contribution >= 4 is 0 Å². The molecule has 0 aromatic heterocycles. The molecule has 0 aromatic rings. The Hall–Kier alpha value is -0.160. The molecule has 1 aliphatic carbocycles. The molecule has 4 heteroatoms. The van der Waals surface area contributed by atoms with E-state index in [2.05, 4.69) is 17.1 Å². The molecule has 0 aromatic carbocycles. The summed E-state index contributed by atoms with van der Waals surface area (Å²) in [6.07, 6.45) is 8.62. The third-order valence-electron chi connectivity index (χ3n) is 5.20. The van der Waals surface area contributed by atoms with Crippen LogP contribution in [0.4, 0.5) is 0 Å². The van der Waals surface area contributed by atoms with E-state index in [0.717, 1.165) is 51.7 Å². The van der Waals surface area contributed by atoms with E-state index in [9.17, 15) is 5.11 Å². The third kappa shape index (κ3) is 3.94. The first-order valence-corrected chi connectivity index (χ1v) is 8.36. The Morgan fingerprint density at radius 3 is 2.65 bits per heavy atom. The van der Waals surface area contributed by atoms with Crippen molar-refractivity contribution in [2.24, 2.45) is 0 Å². The quantitative estimate of drug-likeness (QED) is 0.780. The zero-order valence-electron chi connectivity index (χ0n) is 13.2. The fourth-order valence-electron chi connectivity index (χ4n) is 3.87. The first-order chi connectivity index (χ1) is 9.73. The maximum Gasteiger partial charge on any atom is 0.0613 e. The van der Waals surface area contributed by atoms with Gasteiger partial charge in [0.25, 0.3) is 0 Å². The highest BCUT2D eigenvalue weighted by Crippen LogP contribution is 2.32. The Kier molecular flexibility index (Phi) is 6.27. The Morgan fingerprint density at radius 1 is 1.30 bits per heavy atom. The molecule has 0 spiro atoms. The van der Waals surface area contributed by atoms with Crippen LogP contribution in [0.25, 0.3) is 0 Å². The van der Waals surface area contributed by atoms with Crippen molar-refractivity contribution in [3.05, 3.63) is 0 Å². The predicted molar refractivity (Wildman–Crippen MR) is 82.0 cm³/mol. The van der Waals surface area contributed by atoms with E-state index < -0.39 is 0 Å². The highest BCUT2D eigenvalue weighted by atomic mass is 16.5. The molecule has 20 heavy (non-hydrogen) atoms. The summed E-state index contributed by atoms with van der Waals surface area (Å²) in [5.41, 5.74) is -0.0307. The van der Waals surface area contributed by atoms with Crippen LogP contribution in [-0.2, 0) is 4.74 Å². The number of hydrogen-bond donors (Lipinski definition) is 2. The van der Waals surface area contributed by atoms with Crippen LogP contribution in [-0.4, -0.2) is 61.0 Å². The van der Waals surface area contributed by atoms with Crippen LogP contribution in [0.15, 0.2) is 0 Å². The van der Waals surface area contributed by atoms with Crippen molar-refractivity contribution in [2.45, 2.75) is 69.6 Å². The highest BCUT2D eigenvalue weighted by Gasteiger charge is 2.38. The zero-order valence-corrected chi connectivity index (χ0v) is 13.2. The number of methoxy groups -OCH3 is 1. The lowest BCUT2D eigenvalue weighted by molar-refractivity contribution is 0.00348. The van der Waals surface area contributed by atoms with Gasteiger partial charge in [0.1, 0.15) is 0 Å². The molecule has 2 unspecified atom stereocenters. The average molecular weight is 284 g/mol. The van der Waals surface area contributed by atoms with Crippen LogP contribution in [0.2, 0.25) is 0 Å². The molecule has 2 N–H and O–H groups in total. The van der Waals surface area contributed by atoms with Gasteiger partial charge in [0.15, 0.2) is 0 Å². The van der Waals surface area contributed by atoms with Gasteiger partial charge in [0.05, 0.1) is 12.7 Å². The zero-order chi connectivity index (χ0) is 14.4. The van der Waals surface area contributed by atoms with Crippen molar-refractivity contribution in [2.75, 3.05) is 33.4 Å². The van der Waals surface area contributed by atoms with Crippen LogP contribution in [0.3, 0.4) is 0 Å². The van der Waals surface area contributed by atoms with Crippen molar-refractivity contribution < 1.29 is 9.84 Å². The van der Waals surface area contributed by atoms with E-state index in [1.54, 1.807) is 0 Å². The summed E-state index contributed by atoms with van der Waals surface area (Å²) in [5.74, 6) is 0. The molecule has 2 fully saturated rings. The van der Waals surface area contributed by atoms with Gasteiger partial charge >= 0.3 is 0 Å². The minimum absolute atomic E-state index is 0.0307. The highest BCUT2D eigenvalue weighted by molar-refractivity contribution is 4.97. The van der Waals surface area contributed by atoms with Gasteiger partial charge in [-0.1, -0.05) is 6.92 Å².